The molecule has 0 N–H and O–H groups in total. The highest BCUT2D eigenvalue weighted by Crippen LogP contribution is 2.19. The van der Waals surface area contributed by atoms with Crippen LogP contribution >= 0.6 is 0 Å². The Kier molecular flexibility index (Phi) is 1.81. The molecule has 3 nitrogen and oxygen atoms in total. The summed E-state index contributed by atoms with van der Waals surface area (Å²) in [6.07, 6.45) is 2.18. The Hall–Kier alpha value is -1.12. The molecule has 11 heavy (non-hydrogen) atoms. The standard InChI is InChI=1S/C8H11NO2/c1-4-5-6-9-8(2,3)7(10)11-6/h4H,1,5H2,2-3H3. The summed E-state index contributed by atoms with van der Waals surface area (Å²) in [7, 11) is 0. The second-order valence-corrected chi connectivity index (χ2v) is 2.95. The first-order chi connectivity index (χ1) is 5.06. The lowest BCUT2D eigenvalue weighted by atomic mass is 10.1. The van der Waals surface area contributed by atoms with Crippen molar-refractivity contribution in [2.45, 2.75) is 25.8 Å². The fourth-order valence-corrected chi connectivity index (χ4v) is 0.823. The van der Waals surface area contributed by atoms with Crippen molar-refractivity contribution in [3.8, 4) is 0 Å². The maximum atomic E-state index is 11.0. The maximum Gasteiger partial charge on any atom is 0.340 e. The summed E-state index contributed by atoms with van der Waals surface area (Å²) in [5, 5.41) is 0. The van der Waals surface area contributed by atoms with Gasteiger partial charge in [0.15, 0.2) is 11.4 Å². The molecule has 1 aliphatic heterocycles. The van der Waals surface area contributed by atoms with Crippen molar-refractivity contribution in [2.75, 3.05) is 0 Å². The zero-order valence-electron chi connectivity index (χ0n) is 6.76. The second-order valence-electron chi connectivity index (χ2n) is 2.95. The number of aliphatic imine (C=N–C) groups is 1. The number of ether oxygens (including phenoxy) is 1. The van der Waals surface area contributed by atoms with E-state index in [2.05, 4.69) is 11.6 Å². The SMILES string of the molecule is C=CCC1=NC(C)(C)C(=O)O1. The topological polar surface area (TPSA) is 38.7 Å². The monoisotopic (exact) mass is 153 g/mol. The Morgan fingerprint density at radius 2 is 2.36 bits per heavy atom. The third-order valence-corrected chi connectivity index (χ3v) is 1.43. The molecular formula is C8H11NO2. The molecule has 0 atom stereocenters. The zero-order valence-corrected chi connectivity index (χ0v) is 6.76. The lowest BCUT2D eigenvalue weighted by Crippen LogP contribution is -2.25. The Morgan fingerprint density at radius 3 is 2.73 bits per heavy atom. The highest BCUT2D eigenvalue weighted by Gasteiger charge is 2.36. The minimum atomic E-state index is -0.696. The summed E-state index contributed by atoms with van der Waals surface area (Å²) >= 11 is 0. The van der Waals surface area contributed by atoms with E-state index in [0.717, 1.165) is 0 Å². The van der Waals surface area contributed by atoms with E-state index in [1.54, 1.807) is 19.9 Å². The number of cyclic esters (lactones) is 1. The summed E-state index contributed by atoms with van der Waals surface area (Å²) in [5.74, 6) is 0.185. The van der Waals surface area contributed by atoms with E-state index in [1.165, 1.54) is 0 Å². The number of hydrogen-bond donors (Lipinski definition) is 0. The molecule has 0 aromatic heterocycles. The van der Waals surface area contributed by atoms with Gasteiger partial charge in [-0.25, -0.2) is 9.79 Å². The molecule has 1 aliphatic rings. The van der Waals surface area contributed by atoms with Crippen LogP contribution in [0.1, 0.15) is 20.3 Å². The molecule has 0 aliphatic carbocycles. The van der Waals surface area contributed by atoms with Gasteiger partial charge in [-0.3, -0.25) is 0 Å². The molecule has 1 heterocycles. The average Bonchev–Trinajstić information content (AvgIpc) is 2.08. The summed E-state index contributed by atoms with van der Waals surface area (Å²) in [6.45, 7) is 6.98. The number of carbonyl (C=O) groups is 1. The van der Waals surface area contributed by atoms with Crippen LogP contribution in [0.25, 0.3) is 0 Å². The van der Waals surface area contributed by atoms with Crippen LogP contribution in [0.3, 0.4) is 0 Å². The van der Waals surface area contributed by atoms with E-state index in [1.807, 2.05) is 0 Å². The Bertz CT molecular complexity index is 228. The predicted molar refractivity (Wildman–Crippen MR) is 42.4 cm³/mol. The Balaban J connectivity index is 2.75. The Labute approximate surface area is 65.8 Å². The molecule has 0 unspecified atom stereocenters. The van der Waals surface area contributed by atoms with Crippen molar-refractivity contribution in [3.05, 3.63) is 12.7 Å². The average molecular weight is 153 g/mol. The number of nitrogens with zero attached hydrogens (tertiary/aromatic N) is 1. The molecule has 0 spiro atoms. The minimum Gasteiger partial charge on any atom is -0.410 e. The van der Waals surface area contributed by atoms with Crippen molar-refractivity contribution in [3.63, 3.8) is 0 Å². The van der Waals surface area contributed by atoms with Crippen molar-refractivity contribution >= 4 is 11.9 Å². The van der Waals surface area contributed by atoms with Crippen molar-refractivity contribution in [1.82, 2.24) is 0 Å². The van der Waals surface area contributed by atoms with Crippen LogP contribution in [0, 0.1) is 0 Å². The number of esters is 1. The fraction of sp³-hybridized carbons (Fsp3) is 0.500. The van der Waals surface area contributed by atoms with Gasteiger partial charge in [-0.15, -0.1) is 6.58 Å². The van der Waals surface area contributed by atoms with Crippen LogP contribution in [0.4, 0.5) is 0 Å². The minimum absolute atomic E-state index is 0.283. The van der Waals surface area contributed by atoms with Crippen LogP contribution in [0.2, 0.25) is 0 Å². The molecule has 3 heteroatoms. The van der Waals surface area contributed by atoms with E-state index in [0.29, 0.717) is 12.3 Å². The smallest absolute Gasteiger partial charge is 0.340 e. The van der Waals surface area contributed by atoms with E-state index in [-0.39, 0.29) is 5.97 Å². The molecule has 0 amide bonds. The van der Waals surface area contributed by atoms with Crippen LogP contribution in [0.5, 0.6) is 0 Å². The number of hydrogen-bond acceptors (Lipinski definition) is 3. The van der Waals surface area contributed by atoms with Gasteiger partial charge in [0.05, 0.1) is 0 Å². The van der Waals surface area contributed by atoms with Gasteiger partial charge in [0, 0.05) is 6.42 Å². The summed E-state index contributed by atoms with van der Waals surface area (Å²) in [5.41, 5.74) is -0.696. The highest BCUT2D eigenvalue weighted by atomic mass is 16.6. The van der Waals surface area contributed by atoms with Gasteiger partial charge >= 0.3 is 5.97 Å². The van der Waals surface area contributed by atoms with Crippen LogP contribution in [-0.4, -0.2) is 17.4 Å². The van der Waals surface area contributed by atoms with E-state index in [9.17, 15) is 4.79 Å². The molecule has 0 saturated heterocycles. The van der Waals surface area contributed by atoms with Gasteiger partial charge < -0.3 is 4.74 Å². The third-order valence-electron chi connectivity index (χ3n) is 1.43. The van der Waals surface area contributed by atoms with Crippen LogP contribution < -0.4 is 0 Å². The van der Waals surface area contributed by atoms with E-state index < -0.39 is 5.54 Å². The van der Waals surface area contributed by atoms with Gasteiger partial charge in [-0.2, -0.15) is 0 Å². The summed E-state index contributed by atoms with van der Waals surface area (Å²) in [6, 6.07) is 0. The number of rotatable bonds is 2. The van der Waals surface area contributed by atoms with Gasteiger partial charge in [-0.1, -0.05) is 6.08 Å². The van der Waals surface area contributed by atoms with Gasteiger partial charge in [0.25, 0.3) is 0 Å². The first-order valence-electron chi connectivity index (χ1n) is 3.48. The van der Waals surface area contributed by atoms with Gasteiger partial charge in [-0.05, 0) is 13.8 Å². The molecule has 0 bridgehead atoms. The third kappa shape index (κ3) is 1.48. The van der Waals surface area contributed by atoms with Crippen molar-refractivity contribution in [2.24, 2.45) is 4.99 Å². The van der Waals surface area contributed by atoms with E-state index >= 15 is 0 Å². The summed E-state index contributed by atoms with van der Waals surface area (Å²) in [4.78, 5) is 15.1. The maximum absolute atomic E-state index is 11.0. The quantitative estimate of drug-likeness (QED) is 0.443. The largest absolute Gasteiger partial charge is 0.410 e. The first kappa shape index (κ1) is 7.98. The first-order valence-corrected chi connectivity index (χ1v) is 3.48. The zero-order chi connectivity index (χ0) is 8.48. The molecule has 0 fully saturated rings. The second kappa shape index (κ2) is 2.49. The molecular weight excluding hydrogens is 142 g/mol. The summed E-state index contributed by atoms with van der Waals surface area (Å²) < 4.78 is 4.86. The lowest BCUT2D eigenvalue weighted by Gasteiger charge is -2.05. The van der Waals surface area contributed by atoms with Gasteiger partial charge in [0.2, 0.25) is 0 Å². The molecule has 0 aromatic carbocycles. The van der Waals surface area contributed by atoms with Crippen molar-refractivity contribution in [1.29, 1.82) is 0 Å². The van der Waals surface area contributed by atoms with Crippen LogP contribution in [0.15, 0.2) is 17.6 Å². The molecule has 0 radical (unpaired) electrons. The van der Waals surface area contributed by atoms with Crippen molar-refractivity contribution < 1.29 is 9.53 Å². The predicted octanol–water partition coefficient (Wildman–Crippen LogP) is 1.30. The molecule has 0 saturated carbocycles. The fourth-order valence-electron chi connectivity index (χ4n) is 0.823. The Morgan fingerprint density at radius 1 is 1.73 bits per heavy atom. The van der Waals surface area contributed by atoms with Crippen LogP contribution in [-0.2, 0) is 9.53 Å². The number of carbonyl (C=O) groups excluding carboxylic acids is 1. The molecule has 60 valence electrons. The van der Waals surface area contributed by atoms with E-state index in [4.69, 9.17) is 4.74 Å². The molecule has 0 aromatic rings. The lowest BCUT2D eigenvalue weighted by molar-refractivity contribution is -0.137. The normalized spacial score (nSPS) is 20.9. The molecule has 1 rings (SSSR count). The highest BCUT2D eigenvalue weighted by molar-refractivity contribution is 5.99. The van der Waals surface area contributed by atoms with Gasteiger partial charge in [0.1, 0.15) is 0 Å².